The first kappa shape index (κ1) is 28.3. The Hall–Kier alpha value is -2.29. The number of amides is 2. The molecule has 2 aromatic carbocycles. The summed E-state index contributed by atoms with van der Waals surface area (Å²) in [6.45, 7) is 3.47. The summed E-state index contributed by atoms with van der Waals surface area (Å²) < 4.78 is 26.4. The molecule has 0 spiro atoms. The molecule has 1 N–H and O–H groups in total. The Bertz CT molecular complexity index is 1180. The zero-order chi connectivity index (χ0) is 26.5. The zero-order valence-corrected chi connectivity index (χ0v) is 23.2. The maximum Gasteiger partial charge on any atom is 0.244 e. The first-order chi connectivity index (χ1) is 17.0. The van der Waals surface area contributed by atoms with E-state index in [1.54, 1.807) is 0 Å². The van der Waals surface area contributed by atoms with Gasteiger partial charge in [0.2, 0.25) is 21.8 Å². The van der Waals surface area contributed by atoms with Gasteiger partial charge in [-0.15, -0.1) is 0 Å². The number of hydrogen-bond donors (Lipinski definition) is 1. The van der Waals surface area contributed by atoms with Gasteiger partial charge in [0, 0.05) is 22.6 Å². The molecule has 3 rings (SSSR count). The van der Waals surface area contributed by atoms with Crippen LogP contribution in [0.5, 0.6) is 0 Å². The van der Waals surface area contributed by atoms with Gasteiger partial charge in [0.1, 0.15) is 12.6 Å². The van der Waals surface area contributed by atoms with Crippen LogP contribution in [-0.4, -0.2) is 50.0 Å². The van der Waals surface area contributed by atoms with Crippen LogP contribution in [0.15, 0.2) is 42.5 Å². The number of aryl methyl sites for hydroxylation is 1. The van der Waals surface area contributed by atoms with Gasteiger partial charge < -0.3 is 10.2 Å². The number of halogens is 2. The monoisotopic (exact) mass is 553 g/mol. The lowest BCUT2D eigenvalue weighted by molar-refractivity contribution is -0.140. The van der Waals surface area contributed by atoms with Crippen molar-refractivity contribution in [2.24, 2.45) is 0 Å². The van der Waals surface area contributed by atoms with Crippen LogP contribution < -0.4 is 9.62 Å². The van der Waals surface area contributed by atoms with Gasteiger partial charge in [-0.05, 0) is 55.5 Å². The standard InChI is InChI=1S/C26H33Cl2N3O4S/c1-4-24(26(33)29-22-11-7-8-12-22)30(16-19-10-6-5-9-18(19)2)25(32)17-31(36(3,34)35)23-14-20(27)13-21(28)15-23/h5-6,9-10,13-15,22,24H,4,7-8,11-12,16-17H2,1-3H3,(H,29,33)/t24-/m1/s1. The lowest BCUT2D eigenvalue weighted by atomic mass is 10.1. The highest BCUT2D eigenvalue weighted by Crippen LogP contribution is 2.28. The number of nitrogens with one attached hydrogen (secondary N) is 1. The molecule has 10 heteroatoms. The molecule has 0 saturated heterocycles. The summed E-state index contributed by atoms with van der Waals surface area (Å²) in [6.07, 6.45) is 5.39. The predicted molar refractivity (Wildman–Crippen MR) is 145 cm³/mol. The quantitative estimate of drug-likeness (QED) is 0.451. The van der Waals surface area contributed by atoms with E-state index in [0.29, 0.717) is 6.42 Å². The summed E-state index contributed by atoms with van der Waals surface area (Å²) in [4.78, 5) is 28.6. The Balaban J connectivity index is 1.95. The molecule has 0 unspecified atom stereocenters. The Labute approximate surface area is 223 Å². The van der Waals surface area contributed by atoms with Crippen molar-refractivity contribution in [1.82, 2.24) is 10.2 Å². The topological polar surface area (TPSA) is 86.8 Å². The molecular formula is C26H33Cl2N3O4S. The number of nitrogens with zero attached hydrogens (tertiary/aromatic N) is 2. The smallest absolute Gasteiger partial charge is 0.244 e. The molecule has 2 aromatic rings. The molecule has 1 aliphatic carbocycles. The predicted octanol–water partition coefficient (Wildman–Crippen LogP) is 4.93. The molecule has 1 aliphatic rings. The summed E-state index contributed by atoms with van der Waals surface area (Å²) in [6, 6.07) is 11.3. The second kappa shape index (κ2) is 12.3. The van der Waals surface area contributed by atoms with Crippen molar-refractivity contribution >= 4 is 50.7 Å². The fraction of sp³-hybridized carbons (Fsp3) is 0.462. The van der Waals surface area contributed by atoms with Crippen molar-refractivity contribution in [3.05, 3.63) is 63.6 Å². The van der Waals surface area contributed by atoms with E-state index >= 15 is 0 Å². The van der Waals surface area contributed by atoms with Crippen LogP contribution in [0.4, 0.5) is 5.69 Å². The molecule has 1 fully saturated rings. The summed E-state index contributed by atoms with van der Waals surface area (Å²) in [5.74, 6) is -0.712. The zero-order valence-electron chi connectivity index (χ0n) is 20.8. The SMILES string of the molecule is CC[C@H](C(=O)NC1CCCC1)N(Cc1ccccc1C)C(=O)CN(c1cc(Cl)cc(Cl)c1)S(C)(=O)=O. The third-order valence-electron chi connectivity index (χ3n) is 6.50. The van der Waals surface area contributed by atoms with Gasteiger partial charge in [0.05, 0.1) is 11.9 Å². The van der Waals surface area contributed by atoms with Crippen molar-refractivity contribution in [2.45, 2.75) is 64.6 Å². The molecule has 2 amide bonds. The highest BCUT2D eigenvalue weighted by Gasteiger charge is 2.33. The summed E-state index contributed by atoms with van der Waals surface area (Å²) >= 11 is 12.2. The minimum Gasteiger partial charge on any atom is -0.352 e. The third kappa shape index (κ3) is 7.37. The Kier molecular flexibility index (Phi) is 9.66. The Morgan fingerprint density at radius 1 is 1.08 bits per heavy atom. The first-order valence-corrected chi connectivity index (χ1v) is 14.7. The summed E-state index contributed by atoms with van der Waals surface area (Å²) in [7, 11) is -3.86. The lowest BCUT2D eigenvalue weighted by Gasteiger charge is -2.33. The number of anilines is 1. The van der Waals surface area contributed by atoms with Crippen molar-refractivity contribution in [1.29, 1.82) is 0 Å². The molecule has 7 nitrogen and oxygen atoms in total. The highest BCUT2D eigenvalue weighted by atomic mass is 35.5. The molecule has 0 radical (unpaired) electrons. The lowest BCUT2D eigenvalue weighted by Crippen LogP contribution is -2.53. The maximum absolute atomic E-state index is 13.8. The van der Waals surface area contributed by atoms with Crippen LogP contribution >= 0.6 is 23.2 Å². The molecule has 0 aliphatic heterocycles. The minimum atomic E-state index is -3.86. The van der Waals surface area contributed by atoms with Gasteiger partial charge in [0.25, 0.3) is 0 Å². The van der Waals surface area contributed by atoms with Crippen LogP contribution in [-0.2, 0) is 26.2 Å². The van der Waals surface area contributed by atoms with E-state index < -0.39 is 28.5 Å². The number of carbonyl (C=O) groups excluding carboxylic acids is 2. The van der Waals surface area contributed by atoms with E-state index in [9.17, 15) is 18.0 Å². The average Bonchev–Trinajstić information content (AvgIpc) is 3.30. The number of carbonyl (C=O) groups is 2. The van der Waals surface area contributed by atoms with E-state index in [1.165, 1.54) is 23.1 Å². The van der Waals surface area contributed by atoms with E-state index in [4.69, 9.17) is 23.2 Å². The Morgan fingerprint density at radius 2 is 1.69 bits per heavy atom. The van der Waals surface area contributed by atoms with Gasteiger partial charge in [-0.1, -0.05) is 67.2 Å². The van der Waals surface area contributed by atoms with Crippen molar-refractivity contribution < 1.29 is 18.0 Å². The van der Waals surface area contributed by atoms with E-state index in [-0.39, 0.29) is 34.2 Å². The van der Waals surface area contributed by atoms with Gasteiger partial charge in [-0.25, -0.2) is 8.42 Å². The molecular weight excluding hydrogens is 521 g/mol. The number of hydrogen-bond acceptors (Lipinski definition) is 4. The fourth-order valence-electron chi connectivity index (χ4n) is 4.56. The summed E-state index contributed by atoms with van der Waals surface area (Å²) in [5, 5.41) is 3.59. The van der Waals surface area contributed by atoms with Crippen molar-refractivity contribution in [3.8, 4) is 0 Å². The maximum atomic E-state index is 13.8. The van der Waals surface area contributed by atoms with Crippen LogP contribution in [0.25, 0.3) is 0 Å². The van der Waals surface area contributed by atoms with Gasteiger partial charge in [-0.3, -0.25) is 13.9 Å². The average molecular weight is 555 g/mol. The largest absolute Gasteiger partial charge is 0.352 e. The van der Waals surface area contributed by atoms with E-state index in [2.05, 4.69) is 5.32 Å². The number of rotatable bonds is 10. The molecule has 1 atom stereocenters. The van der Waals surface area contributed by atoms with Crippen LogP contribution in [0, 0.1) is 6.92 Å². The fourth-order valence-corrected chi connectivity index (χ4v) is 5.90. The molecule has 0 aromatic heterocycles. The molecule has 0 heterocycles. The normalized spacial score (nSPS) is 14.9. The van der Waals surface area contributed by atoms with Gasteiger partial charge in [0.15, 0.2) is 0 Å². The minimum absolute atomic E-state index is 0.100. The third-order valence-corrected chi connectivity index (χ3v) is 8.08. The molecule has 36 heavy (non-hydrogen) atoms. The van der Waals surface area contributed by atoms with Crippen LogP contribution in [0.1, 0.15) is 50.2 Å². The van der Waals surface area contributed by atoms with Gasteiger partial charge in [-0.2, -0.15) is 0 Å². The van der Waals surface area contributed by atoms with Crippen molar-refractivity contribution in [3.63, 3.8) is 0 Å². The highest BCUT2D eigenvalue weighted by molar-refractivity contribution is 7.92. The molecule has 196 valence electrons. The van der Waals surface area contributed by atoms with Crippen LogP contribution in [0.2, 0.25) is 10.0 Å². The van der Waals surface area contributed by atoms with E-state index in [1.807, 2.05) is 38.1 Å². The Morgan fingerprint density at radius 3 is 2.25 bits per heavy atom. The number of sulfonamides is 1. The van der Waals surface area contributed by atoms with Crippen molar-refractivity contribution in [2.75, 3.05) is 17.1 Å². The second-order valence-corrected chi connectivity index (χ2v) is 12.0. The number of benzene rings is 2. The van der Waals surface area contributed by atoms with Gasteiger partial charge >= 0.3 is 0 Å². The second-order valence-electron chi connectivity index (χ2n) is 9.26. The van der Waals surface area contributed by atoms with E-state index in [0.717, 1.165) is 47.4 Å². The first-order valence-electron chi connectivity index (χ1n) is 12.1. The van der Waals surface area contributed by atoms with Crippen LogP contribution in [0.3, 0.4) is 0 Å². The molecule has 1 saturated carbocycles. The molecule has 0 bridgehead atoms. The summed E-state index contributed by atoms with van der Waals surface area (Å²) in [5.41, 5.74) is 2.04.